The van der Waals surface area contributed by atoms with Crippen LogP contribution < -0.4 is 5.32 Å². The number of carbonyl (C=O) groups is 2. The molecule has 1 fully saturated rings. The standard InChI is InChI=1S/C20H30N2O3/c1-14(2)17(21-18(23)16-10-6-5-9-15(16)3)19(24)22(4)13-20(25)11-7-8-12-20/h5-6,9-10,14,17,25H,7-8,11-13H2,1-4H3,(H,21,23). The first-order chi connectivity index (χ1) is 11.7. The molecule has 1 atom stereocenters. The number of hydrogen-bond donors (Lipinski definition) is 2. The number of aliphatic hydroxyl groups is 1. The third-order valence-electron chi connectivity index (χ3n) is 5.05. The van der Waals surface area contributed by atoms with Crippen molar-refractivity contribution in [2.75, 3.05) is 13.6 Å². The SMILES string of the molecule is Cc1ccccc1C(=O)NC(C(=O)N(C)CC1(O)CCCC1)C(C)C. The molecule has 2 N–H and O–H groups in total. The lowest BCUT2D eigenvalue weighted by Crippen LogP contribution is -2.53. The van der Waals surface area contributed by atoms with Crippen molar-refractivity contribution in [2.45, 2.75) is 58.1 Å². The predicted molar refractivity (Wildman–Crippen MR) is 98.3 cm³/mol. The van der Waals surface area contributed by atoms with Crippen LogP contribution in [0.5, 0.6) is 0 Å². The Labute approximate surface area is 150 Å². The summed E-state index contributed by atoms with van der Waals surface area (Å²) in [5.41, 5.74) is 0.674. The average Bonchev–Trinajstić information content (AvgIpc) is 2.98. The largest absolute Gasteiger partial charge is 0.388 e. The van der Waals surface area contributed by atoms with Crippen molar-refractivity contribution in [3.63, 3.8) is 0 Å². The number of amides is 2. The smallest absolute Gasteiger partial charge is 0.252 e. The number of carbonyl (C=O) groups excluding carboxylic acids is 2. The van der Waals surface area contributed by atoms with E-state index in [4.69, 9.17) is 0 Å². The van der Waals surface area contributed by atoms with Crippen LogP contribution >= 0.6 is 0 Å². The van der Waals surface area contributed by atoms with Gasteiger partial charge >= 0.3 is 0 Å². The van der Waals surface area contributed by atoms with Crippen molar-refractivity contribution in [2.24, 2.45) is 5.92 Å². The Morgan fingerprint density at radius 1 is 1.24 bits per heavy atom. The monoisotopic (exact) mass is 346 g/mol. The maximum atomic E-state index is 12.9. The average molecular weight is 346 g/mol. The number of benzene rings is 1. The van der Waals surface area contributed by atoms with Crippen molar-refractivity contribution in [3.8, 4) is 0 Å². The molecule has 1 aromatic carbocycles. The van der Waals surface area contributed by atoms with Gasteiger partial charge in [0, 0.05) is 19.2 Å². The maximum absolute atomic E-state index is 12.9. The van der Waals surface area contributed by atoms with Gasteiger partial charge in [-0.2, -0.15) is 0 Å². The molecule has 1 aliphatic rings. The van der Waals surface area contributed by atoms with Crippen LogP contribution in [-0.2, 0) is 4.79 Å². The van der Waals surface area contributed by atoms with Crippen molar-refractivity contribution >= 4 is 11.8 Å². The quantitative estimate of drug-likeness (QED) is 0.831. The summed E-state index contributed by atoms with van der Waals surface area (Å²) in [5, 5.41) is 13.4. The van der Waals surface area contributed by atoms with Gasteiger partial charge < -0.3 is 15.3 Å². The van der Waals surface area contributed by atoms with E-state index in [0.717, 1.165) is 31.2 Å². The summed E-state index contributed by atoms with van der Waals surface area (Å²) in [5.74, 6) is -0.434. The maximum Gasteiger partial charge on any atom is 0.252 e. The Hall–Kier alpha value is -1.88. The molecule has 1 aromatic rings. The first-order valence-corrected chi connectivity index (χ1v) is 9.07. The van der Waals surface area contributed by atoms with Gasteiger partial charge in [-0.15, -0.1) is 0 Å². The molecule has 0 aromatic heterocycles. The Morgan fingerprint density at radius 2 is 1.84 bits per heavy atom. The van der Waals surface area contributed by atoms with E-state index in [9.17, 15) is 14.7 Å². The molecule has 0 saturated heterocycles. The number of aryl methyl sites for hydroxylation is 1. The van der Waals surface area contributed by atoms with Gasteiger partial charge in [0.05, 0.1) is 5.60 Å². The van der Waals surface area contributed by atoms with E-state index in [1.54, 1.807) is 18.0 Å². The summed E-state index contributed by atoms with van der Waals surface area (Å²) in [4.78, 5) is 27.0. The molecule has 0 spiro atoms. The second kappa shape index (κ2) is 8.00. The number of hydrogen-bond acceptors (Lipinski definition) is 3. The first-order valence-electron chi connectivity index (χ1n) is 9.07. The van der Waals surface area contributed by atoms with E-state index in [-0.39, 0.29) is 17.7 Å². The number of nitrogens with one attached hydrogen (secondary N) is 1. The minimum Gasteiger partial charge on any atom is -0.388 e. The molecule has 5 heteroatoms. The highest BCUT2D eigenvalue weighted by molar-refractivity contribution is 5.98. The molecule has 5 nitrogen and oxygen atoms in total. The van der Waals surface area contributed by atoms with Gasteiger partial charge in [0.25, 0.3) is 5.91 Å². The molecule has 2 rings (SSSR count). The highest BCUT2D eigenvalue weighted by Crippen LogP contribution is 2.30. The molecule has 2 amide bonds. The van der Waals surface area contributed by atoms with Gasteiger partial charge in [0.15, 0.2) is 0 Å². The normalized spacial score (nSPS) is 17.4. The van der Waals surface area contributed by atoms with E-state index >= 15 is 0 Å². The highest BCUT2D eigenvalue weighted by atomic mass is 16.3. The Bertz CT molecular complexity index is 621. The summed E-state index contributed by atoms with van der Waals surface area (Å²) >= 11 is 0. The lowest BCUT2D eigenvalue weighted by Gasteiger charge is -2.32. The van der Waals surface area contributed by atoms with Crippen LogP contribution in [0.15, 0.2) is 24.3 Å². The molecule has 138 valence electrons. The third kappa shape index (κ3) is 4.82. The van der Waals surface area contributed by atoms with Crippen LogP contribution in [0.4, 0.5) is 0 Å². The van der Waals surface area contributed by atoms with Gasteiger partial charge in [0.1, 0.15) is 6.04 Å². The minimum absolute atomic E-state index is 0.0406. The highest BCUT2D eigenvalue weighted by Gasteiger charge is 2.36. The molecule has 0 heterocycles. The molecule has 25 heavy (non-hydrogen) atoms. The molecule has 1 unspecified atom stereocenters. The zero-order valence-electron chi connectivity index (χ0n) is 15.7. The van der Waals surface area contributed by atoms with Gasteiger partial charge in [-0.05, 0) is 37.3 Å². The summed E-state index contributed by atoms with van der Waals surface area (Å²) in [7, 11) is 1.70. The predicted octanol–water partition coefficient (Wildman–Crippen LogP) is 2.51. The van der Waals surface area contributed by atoms with Crippen LogP contribution in [0.1, 0.15) is 55.5 Å². The Balaban J connectivity index is 2.07. The Morgan fingerprint density at radius 3 is 2.40 bits per heavy atom. The minimum atomic E-state index is -0.786. The van der Waals surface area contributed by atoms with E-state index < -0.39 is 11.6 Å². The topological polar surface area (TPSA) is 69.6 Å². The molecular formula is C20H30N2O3. The summed E-state index contributed by atoms with van der Waals surface area (Å²) < 4.78 is 0. The third-order valence-corrected chi connectivity index (χ3v) is 5.05. The Kier molecular flexibility index (Phi) is 6.22. The summed E-state index contributed by atoms with van der Waals surface area (Å²) in [6.45, 7) is 6.02. The molecule has 0 aliphatic heterocycles. The second-order valence-corrected chi connectivity index (χ2v) is 7.64. The zero-order chi connectivity index (χ0) is 18.6. The fourth-order valence-electron chi connectivity index (χ4n) is 3.51. The molecule has 0 radical (unpaired) electrons. The number of nitrogens with zero attached hydrogens (tertiary/aromatic N) is 1. The van der Waals surface area contributed by atoms with Gasteiger partial charge in [-0.25, -0.2) is 0 Å². The fourth-order valence-corrected chi connectivity index (χ4v) is 3.51. The summed E-state index contributed by atoms with van der Waals surface area (Å²) in [6.07, 6.45) is 3.45. The summed E-state index contributed by atoms with van der Waals surface area (Å²) in [6, 6.07) is 6.73. The van der Waals surface area contributed by atoms with Crippen LogP contribution in [-0.4, -0.2) is 47.1 Å². The first kappa shape index (κ1) is 19.4. The van der Waals surface area contributed by atoms with Crippen molar-refractivity contribution in [1.29, 1.82) is 0 Å². The molecule has 0 bridgehead atoms. The van der Waals surface area contributed by atoms with Gasteiger partial charge in [-0.1, -0.05) is 44.9 Å². The lowest BCUT2D eigenvalue weighted by molar-refractivity contribution is -0.136. The van der Waals surface area contributed by atoms with Crippen molar-refractivity contribution < 1.29 is 14.7 Å². The van der Waals surface area contributed by atoms with Crippen LogP contribution in [0.2, 0.25) is 0 Å². The van der Waals surface area contributed by atoms with Gasteiger partial charge in [0.2, 0.25) is 5.91 Å². The molecular weight excluding hydrogens is 316 g/mol. The number of rotatable bonds is 6. The second-order valence-electron chi connectivity index (χ2n) is 7.64. The van der Waals surface area contributed by atoms with E-state index in [1.807, 2.05) is 39.0 Å². The van der Waals surface area contributed by atoms with Gasteiger partial charge in [-0.3, -0.25) is 9.59 Å². The van der Waals surface area contributed by atoms with E-state index in [1.165, 1.54) is 0 Å². The molecule has 1 saturated carbocycles. The van der Waals surface area contributed by atoms with Crippen LogP contribution in [0, 0.1) is 12.8 Å². The molecule has 1 aliphatic carbocycles. The fraction of sp³-hybridized carbons (Fsp3) is 0.600. The number of likely N-dealkylation sites (N-methyl/N-ethyl adjacent to an activating group) is 1. The lowest BCUT2D eigenvalue weighted by atomic mass is 9.98. The van der Waals surface area contributed by atoms with Crippen LogP contribution in [0.3, 0.4) is 0 Å². The zero-order valence-corrected chi connectivity index (χ0v) is 15.7. The van der Waals surface area contributed by atoms with Crippen molar-refractivity contribution in [3.05, 3.63) is 35.4 Å². The van der Waals surface area contributed by atoms with E-state index in [0.29, 0.717) is 12.1 Å². The van der Waals surface area contributed by atoms with Crippen LogP contribution in [0.25, 0.3) is 0 Å². The van der Waals surface area contributed by atoms with Crippen molar-refractivity contribution in [1.82, 2.24) is 10.2 Å². The van der Waals surface area contributed by atoms with E-state index in [2.05, 4.69) is 5.32 Å².